The summed E-state index contributed by atoms with van der Waals surface area (Å²) in [6, 6.07) is 9.43. The Labute approximate surface area is 176 Å². The molecule has 7 nitrogen and oxygen atoms in total. The molecular formula is C23H29N5O2. The largest absolute Gasteiger partial charge is 0.508 e. The number of carbonyl (C=O) groups excluding carboxylic acids is 1. The number of aromatic hydroxyl groups is 1. The molecule has 1 fully saturated rings. The van der Waals surface area contributed by atoms with Crippen molar-refractivity contribution in [1.29, 1.82) is 0 Å². The summed E-state index contributed by atoms with van der Waals surface area (Å²) in [4.78, 5) is 25.2. The maximum Gasteiger partial charge on any atom is 0.256 e. The van der Waals surface area contributed by atoms with Gasteiger partial charge in [-0.05, 0) is 57.0 Å². The lowest BCUT2D eigenvalue weighted by Gasteiger charge is -2.39. The van der Waals surface area contributed by atoms with Gasteiger partial charge in [0.1, 0.15) is 5.75 Å². The summed E-state index contributed by atoms with van der Waals surface area (Å²) in [5, 5.41) is 14.0. The minimum absolute atomic E-state index is 0.0134. The molecule has 1 aliphatic rings. The van der Waals surface area contributed by atoms with Crippen molar-refractivity contribution in [2.75, 3.05) is 36.4 Å². The van der Waals surface area contributed by atoms with E-state index in [1.807, 2.05) is 17.2 Å². The van der Waals surface area contributed by atoms with Crippen LogP contribution in [0.25, 0.3) is 10.9 Å². The number of aromatic nitrogens is 2. The van der Waals surface area contributed by atoms with E-state index in [9.17, 15) is 9.90 Å². The number of H-pyrrole nitrogens is 1. The van der Waals surface area contributed by atoms with Crippen LogP contribution in [0.1, 0.15) is 37.0 Å². The third kappa shape index (κ3) is 3.79. The quantitative estimate of drug-likeness (QED) is 0.578. The fourth-order valence-corrected chi connectivity index (χ4v) is 4.37. The molecule has 1 aromatic carbocycles. The number of phenolic OH excluding ortho intramolecular Hbond substituents is 1. The van der Waals surface area contributed by atoms with E-state index in [1.54, 1.807) is 24.4 Å². The molecule has 3 aromatic rings. The zero-order valence-corrected chi connectivity index (χ0v) is 17.6. The molecule has 0 aliphatic carbocycles. The average molecular weight is 408 g/mol. The van der Waals surface area contributed by atoms with E-state index >= 15 is 0 Å². The fourth-order valence-electron chi connectivity index (χ4n) is 4.37. The minimum atomic E-state index is 0.0134. The van der Waals surface area contributed by atoms with E-state index in [0.29, 0.717) is 24.7 Å². The van der Waals surface area contributed by atoms with E-state index in [-0.39, 0.29) is 11.7 Å². The molecule has 2 aromatic heterocycles. The molecule has 30 heavy (non-hydrogen) atoms. The van der Waals surface area contributed by atoms with Crippen molar-refractivity contribution in [3.8, 4) is 5.75 Å². The third-order valence-electron chi connectivity index (χ3n) is 5.85. The molecule has 158 valence electrons. The second-order valence-corrected chi connectivity index (χ2v) is 7.65. The highest BCUT2D eigenvalue weighted by atomic mass is 16.3. The molecular weight excluding hydrogens is 378 g/mol. The second kappa shape index (κ2) is 8.65. The van der Waals surface area contributed by atoms with Crippen molar-refractivity contribution in [2.24, 2.45) is 0 Å². The van der Waals surface area contributed by atoms with Gasteiger partial charge >= 0.3 is 0 Å². The van der Waals surface area contributed by atoms with Gasteiger partial charge in [0.25, 0.3) is 5.91 Å². The second-order valence-electron chi connectivity index (χ2n) is 7.65. The number of rotatable bonds is 6. The van der Waals surface area contributed by atoms with Crippen molar-refractivity contribution < 1.29 is 9.90 Å². The Morgan fingerprint density at radius 2 is 2.10 bits per heavy atom. The number of likely N-dealkylation sites (tertiary alicyclic amines) is 1. The first-order chi connectivity index (χ1) is 14.6. The molecule has 3 heterocycles. The molecule has 3 N–H and O–H groups in total. The van der Waals surface area contributed by atoms with Crippen molar-refractivity contribution in [1.82, 2.24) is 14.9 Å². The Balaban J connectivity index is 1.47. The Kier molecular flexibility index (Phi) is 5.79. The standard InChI is InChI=1S/C23H29N5O2/c1-3-24-21-6-5-11-25-22(21)28(4-2)16-9-12-27(13-10-16)23(30)19-15-26-20-8-7-17(29)14-18(19)20/h5-8,11,14-16,24,26,29H,3-4,9-10,12-13H2,1-2H3. The van der Waals surface area contributed by atoms with Gasteiger partial charge in [-0.1, -0.05) is 0 Å². The van der Waals surface area contributed by atoms with E-state index in [0.717, 1.165) is 48.3 Å². The van der Waals surface area contributed by atoms with Crippen molar-refractivity contribution in [3.05, 3.63) is 48.3 Å². The molecule has 4 rings (SSSR count). The van der Waals surface area contributed by atoms with Gasteiger partial charge in [-0.3, -0.25) is 4.79 Å². The Morgan fingerprint density at radius 1 is 1.30 bits per heavy atom. The van der Waals surface area contributed by atoms with Crippen LogP contribution in [0.5, 0.6) is 5.75 Å². The fraction of sp³-hybridized carbons (Fsp3) is 0.391. The third-order valence-corrected chi connectivity index (χ3v) is 5.85. The lowest BCUT2D eigenvalue weighted by Crippen LogP contribution is -2.47. The summed E-state index contributed by atoms with van der Waals surface area (Å²) in [7, 11) is 0. The van der Waals surface area contributed by atoms with Crippen molar-refractivity contribution in [3.63, 3.8) is 0 Å². The van der Waals surface area contributed by atoms with Crippen LogP contribution in [0.4, 0.5) is 11.5 Å². The first kappa shape index (κ1) is 20.1. The molecule has 0 bridgehead atoms. The zero-order valence-electron chi connectivity index (χ0n) is 17.6. The highest BCUT2D eigenvalue weighted by Crippen LogP contribution is 2.29. The molecule has 7 heteroatoms. The van der Waals surface area contributed by atoms with Crippen LogP contribution in [-0.4, -0.2) is 58.1 Å². The van der Waals surface area contributed by atoms with Crippen LogP contribution in [0.3, 0.4) is 0 Å². The van der Waals surface area contributed by atoms with Crippen LogP contribution in [-0.2, 0) is 0 Å². The normalized spacial score (nSPS) is 14.8. The van der Waals surface area contributed by atoms with Crippen LogP contribution in [0, 0.1) is 0 Å². The molecule has 0 spiro atoms. The smallest absolute Gasteiger partial charge is 0.256 e. The van der Waals surface area contributed by atoms with Crippen LogP contribution >= 0.6 is 0 Å². The summed E-state index contributed by atoms with van der Waals surface area (Å²) < 4.78 is 0. The van der Waals surface area contributed by atoms with Crippen LogP contribution in [0.15, 0.2) is 42.7 Å². The Hall–Kier alpha value is -3.22. The number of fused-ring (bicyclic) bond motifs is 1. The lowest BCUT2D eigenvalue weighted by atomic mass is 10.0. The minimum Gasteiger partial charge on any atom is -0.508 e. The summed E-state index contributed by atoms with van der Waals surface area (Å²) in [6.07, 6.45) is 5.38. The maximum atomic E-state index is 13.1. The van der Waals surface area contributed by atoms with Gasteiger partial charge in [0, 0.05) is 55.5 Å². The predicted molar refractivity (Wildman–Crippen MR) is 120 cm³/mol. The van der Waals surface area contributed by atoms with Gasteiger partial charge in [0.2, 0.25) is 0 Å². The van der Waals surface area contributed by atoms with Gasteiger partial charge in [-0.15, -0.1) is 0 Å². The molecule has 1 aliphatic heterocycles. The van der Waals surface area contributed by atoms with Gasteiger partial charge in [-0.25, -0.2) is 4.98 Å². The van der Waals surface area contributed by atoms with E-state index in [4.69, 9.17) is 0 Å². The SMILES string of the molecule is CCNc1cccnc1N(CC)C1CCN(C(=O)c2c[nH]c3ccc(O)cc23)CC1. The number of benzene rings is 1. The summed E-state index contributed by atoms with van der Waals surface area (Å²) in [5.74, 6) is 1.17. The highest BCUT2D eigenvalue weighted by molar-refractivity contribution is 6.07. The highest BCUT2D eigenvalue weighted by Gasteiger charge is 2.29. The average Bonchev–Trinajstić information content (AvgIpc) is 3.18. The number of hydrogen-bond acceptors (Lipinski definition) is 5. The lowest BCUT2D eigenvalue weighted by molar-refractivity contribution is 0.0714. The first-order valence-electron chi connectivity index (χ1n) is 10.7. The molecule has 0 unspecified atom stereocenters. The summed E-state index contributed by atoms with van der Waals surface area (Å²) in [6.45, 7) is 7.37. The van der Waals surface area contributed by atoms with Crippen LogP contribution < -0.4 is 10.2 Å². The van der Waals surface area contributed by atoms with Crippen molar-refractivity contribution >= 4 is 28.3 Å². The molecule has 0 atom stereocenters. The predicted octanol–water partition coefficient (Wildman–Crippen LogP) is 3.83. The number of amides is 1. The summed E-state index contributed by atoms with van der Waals surface area (Å²) >= 11 is 0. The Morgan fingerprint density at radius 3 is 2.83 bits per heavy atom. The molecule has 0 radical (unpaired) electrons. The number of phenols is 1. The first-order valence-corrected chi connectivity index (χ1v) is 10.7. The van der Waals surface area contributed by atoms with Gasteiger partial charge in [0.15, 0.2) is 5.82 Å². The number of hydrogen-bond donors (Lipinski definition) is 3. The van der Waals surface area contributed by atoms with E-state index < -0.39 is 0 Å². The van der Waals surface area contributed by atoms with Crippen molar-refractivity contribution in [2.45, 2.75) is 32.7 Å². The number of carbonyl (C=O) groups is 1. The van der Waals surface area contributed by atoms with Crippen LogP contribution in [0.2, 0.25) is 0 Å². The Bertz CT molecular complexity index is 1020. The van der Waals surface area contributed by atoms with Gasteiger partial charge < -0.3 is 25.2 Å². The zero-order chi connectivity index (χ0) is 21.1. The summed E-state index contributed by atoms with van der Waals surface area (Å²) in [5.41, 5.74) is 2.53. The van der Waals surface area contributed by atoms with E-state index in [1.165, 1.54) is 0 Å². The number of nitrogens with zero attached hydrogens (tertiary/aromatic N) is 3. The van der Waals surface area contributed by atoms with Gasteiger partial charge in [0.05, 0.1) is 11.3 Å². The monoisotopic (exact) mass is 407 g/mol. The number of aromatic amines is 1. The van der Waals surface area contributed by atoms with Gasteiger partial charge in [-0.2, -0.15) is 0 Å². The van der Waals surface area contributed by atoms with E-state index in [2.05, 4.69) is 40.1 Å². The topological polar surface area (TPSA) is 84.5 Å². The number of nitrogens with one attached hydrogen (secondary N) is 2. The number of pyridine rings is 1. The molecule has 1 amide bonds. The number of piperidine rings is 1. The molecule has 1 saturated heterocycles. The molecule has 0 saturated carbocycles. The maximum absolute atomic E-state index is 13.1. The number of anilines is 2.